The maximum Gasteiger partial charge on any atom is 0.0471 e. The molecule has 21 heavy (non-hydrogen) atoms. The van der Waals surface area contributed by atoms with Crippen molar-refractivity contribution < 1.29 is 0 Å². The molecule has 2 N–H and O–H groups in total. The molecular formula is C17H20BrClN2. The van der Waals surface area contributed by atoms with Gasteiger partial charge < -0.3 is 5.73 Å². The van der Waals surface area contributed by atoms with Crippen LogP contribution < -0.4 is 5.73 Å². The largest absolute Gasteiger partial charge is 0.329 e. The summed E-state index contributed by atoms with van der Waals surface area (Å²) in [5, 5.41) is 0.792. The molecule has 0 saturated heterocycles. The number of benzene rings is 2. The lowest BCUT2D eigenvalue weighted by Gasteiger charge is -2.28. The standard InChI is InChI=1S/C17H20BrClN2/c1-12-7-8-13(9-16(12)19)17(10-20)21(2)11-14-5-3-4-6-15(14)18/h3-9,17H,10-11,20H2,1-2H3. The quantitative estimate of drug-likeness (QED) is 0.840. The Morgan fingerprint density at radius 1 is 1.24 bits per heavy atom. The van der Waals surface area contributed by atoms with E-state index >= 15 is 0 Å². The Balaban J connectivity index is 2.20. The number of halogens is 2. The molecule has 1 atom stereocenters. The highest BCUT2D eigenvalue weighted by atomic mass is 79.9. The van der Waals surface area contributed by atoms with Crippen molar-refractivity contribution in [2.75, 3.05) is 13.6 Å². The SMILES string of the molecule is Cc1ccc(C(CN)N(C)Cc2ccccc2Br)cc1Cl. The molecule has 2 nitrogen and oxygen atoms in total. The first-order valence-electron chi connectivity index (χ1n) is 6.92. The van der Waals surface area contributed by atoms with Crippen molar-refractivity contribution in [3.63, 3.8) is 0 Å². The molecule has 2 aromatic rings. The first-order chi connectivity index (χ1) is 10.0. The smallest absolute Gasteiger partial charge is 0.0471 e. The van der Waals surface area contributed by atoms with Crippen molar-refractivity contribution in [2.24, 2.45) is 5.73 Å². The van der Waals surface area contributed by atoms with Crippen molar-refractivity contribution in [2.45, 2.75) is 19.5 Å². The van der Waals surface area contributed by atoms with E-state index in [-0.39, 0.29) is 6.04 Å². The van der Waals surface area contributed by atoms with Crippen molar-refractivity contribution in [1.82, 2.24) is 4.90 Å². The summed E-state index contributed by atoms with van der Waals surface area (Å²) < 4.78 is 1.12. The fourth-order valence-electron chi connectivity index (χ4n) is 2.39. The van der Waals surface area contributed by atoms with Crippen LogP contribution in [-0.2, 0) is 6.54 Å². The lowest BCUT2D eigenvalue weighted by molar-refractivity contribution is 0.241. The average Bonchev–Trinajstić information content (AvgIpc) is 2.46. The van der Waals surface area contributed by atoms with E-state index < -0.39 is 0 Å². The summed E-state index contributed by atoms with van der Waals surface area (Å²) in [5.74, 6) is 0. The molecule has 0 saturated carbocycles. The molecule has 2 aromatic carbocycles. The Hall–Kier alpha value is -0.870. The average molecular weight is 368 g/mol. The predicted octanol–water partition coefficient (Wildman–Crippen LogP) is 4.54. The highest BCUT2D eigenvalue weighted by Gasteiger charge is 2.17. The van der Waals surface area contributed by atoms with Crippen LogP contribution in [0.25, 0.3) is 0 Å². The van der Waals surface area contributed by atoms with E-state index in [1.807, 2.05) is 31.2 Å². The van der Waals surface area contributed by atoms with Gasteiger partial charge in [-0.3, -0.25) is 4.90 Å². The zero-order valence-electron chi connectivity index (χ0n) is 12.3. The van der Waals surface area contributed by atoms with Crippen molar-refractivity contribution in [3.8, 4) is 0 Å². The molecule has 0 bridgehead atoms. The summed E-state index contributed by atoms with van der Waals surface area (Å²) in [5.41, 5.74) is 9.48. The molecule has 4 heteroatoms. The maximum absolute atomic E-state index is 6.24. The summed E-state index contributed by atoms with van der Waals surface area (Å²) in [6.07, 6.45) is 0. The van der Waals surface area contributed by atoms with E-state index in [1.165, 1.54) is 5.56 Å². The fraction of sp³-hybridized carbons (Fsp3) is 0.294. The second kappa shape index (κ2) is 7.41. The van der Waals surface area contributed by atoms with Gasteiger partial charge in [0.05, 0.1) is 0 Å². The minimum atomic E-state index is 0.148. The van der Waals surface area contributed by atoms with Crippen molar-refractivity contribution in [3.05, 3.63) is 68.7 Å². The number of nitrogens with zero attached hydrogens (tertiary/aromatic N) is 1. The normalized spacial score (nSPS) is 12.7. The van der Waals surface area contributed by atoms with E-state index in [2.05, 4.69) is 46.1 Å². The van der Waals surface area contributed by atoms with Gasteiger partial charge >= 0.3 is 0 Å². The molecule has 0 aromatic heterocycles. The molecule has 0 fully saturated rings. The van der Waals surface area contributed by atoms with Crippen LogP contribution >= 0.6 is 27.5 Å². The van der Waals surface area contributed by atoms with Gasteiger partial charge in [-0.05, 0) is 42.8 Å². The lowest BCUT2D eigenvalue weighted by Crippen LogP contribution is -2.30. The monoisotopic (exact) mass is 366 g/mol. The van der Waals surface area contributed by atoms with Crippen LogP contribution in [0, 0.1) is 6.92 Å². The molecular weight excluding hydrogens is 348 g/mol. The van der Waals surface area contributed by atoms with E-state index in [1.54, 1.807) is 0 Å². The van der Waals surface area contributed by atoms with Gasteiger partial charge in [-0.2, -0.15) is 0 Å². The third kappa shape index (κ3) is 4.07. The Morgan fingerprint density at radius 2 is 1.95 bits per heavy atom. The summed E-state index contributed by atoms with van der Waals surface area (Å²) in [7, 11) is 2.09. The summed E-state index contributed by atoms with van der Waals surface area (Å²) in [6.45, 7) is 3.39. The van der Waals surface area contributed by atoms with Crippen LogP contribution in [0.5, 0.6) is 0 Å². The second-order valence-electron chi connectivity index (χ2n) is 5.27. The molecule has 0 aliphatic heterocycles. The van der Waals surface area contributed by atoms with Crippen LogP contribution in [0.15, 0.2) is 46.9 Å². The van der Waals surface area contributed by atoms with Gasteiger partial charge in [-0.15, -0.1) is 0 Å². The number of likely N-dealkylation sites (N-methyl/N-ethyl adjacent to an activating group) is 1. The Labute approximate surface area is 140 Å². The highest BCUT2D eigenvalue weighted by Crippen LogP contribution is 2.26. The molecule has 0 aliphatic rings. The fourth-order valence-corrected chi connectivity index (χ4v) is 2.99. The van der Waals surface area contributed by atoms with Gasteiger partial charge in [0.1, 0.15) is 0 Å². The molecule has 0 spiro atoms. The number of rotatable bonds is 5. The molecule has 112 valence electrons. The first kappa shape index (κ1) is 16.5. The van der Waals surface area contributed by atoms with Gasteiger partial charge in [-0.1, -0.05) is 57.9 Å². The van der Waals surface area contributed by atoms with Gasteiger partial charge in [0.15, 0.2) is 0 Å². The molecule has 0 amide bonds. The van der Waals surface area contributed by atoms with Crippen molar-refractivity contribution >= 4 is 27.5 Å². The van der Waals surface area contributed by atoms with E-state index in [0.29, 0.717) is 6.54 Å². The van der Waals surface area contributed by atoms with Crippen LogP contribution in [-0.4, -0.2) is 18.5 Å². The Kier molecular flexibility index (Phi) is 5.82. The summed E-state index contributed by atoms with van der Waals surface area (Å²) in [4.78, 5) is 2.25. The minimum absolute atomic E-state index is 0.148. The summed E-state index contributed by atoms with van der Waals surface area (Å²) >= 11 is 9.83. The first-order valence-corrected chi connectivity index (χ1v) is 8.09. The number of hydrogen-bond acceptors (Lipinski definition) is 2. The zero-order chi connectivity index (χ0) is 15.4. The van der Waals surface area contributed by atoms with Gasteiger partial charge in [0.2, 0.25) is 0 Å². The van der Waals surface area contributed by atoms with Gasteiger partial charge in [-0.25, -0.2) is 0 Å². The maximum atomic E-state index is 6.24. The second-order valence-corrected chi connectivity index (χ2v) is 6.53. The van der Waals surface area contributed by atoms with Gasteiger partial charge in [0.25, 0.3) is 0 Å². The van der Waals surface area contributed by atoms with Crippen LogP contribution in [0.3, 0.4) is 0 Å². The van der Waals surface area contributed by atoms with Crippen molar-refractivity contribution in [1.29, 1.82) is 0 Å². The Morgan fingerprint density at radius 3 is 2.57 bits per heavy atom. The molecule has 0 aliphatic carbocycles. The third-order valence-corrected chi connectivity index (χ3v) is 4.89. The summed E-state index contributed by atoms with van der Waals surface area (Å²) in [6, 6.07) is 14.6. The van der Waals surface area contributed by atoms with E-state index in [4.69, 9.17) is 17.3 Å². The topological polar surface area (TPSA) is 29.3 Å². The van der Waals surface area contributed by atoms with Crippen LogP contribution in [0.1, 0.15) is 22.7 Å². The predicted molar refractivity (Wildman–Crippen MR) is 93.6 cm³/mol. The lowest BCUT2D eigenvalue weighted by atomic mass is 10.0. The third-order valence-electron chi connectivity index (χ3n) is 3.71. The Bertz CT molecular complexity index is 615. The molecule has 1 unspecified atom stereocenters. The number of aryl methyl sites for hydroxylation is 1. The van der Waals surface area contributed by atoms with Crippen LogP contribution in [0.4, 0.5) is 0 Å². The molecule has 0 heterocycles. The number of hydrogen-bond donors (Lipinski definition) is 1. The van der Waals surface area contributed by atoms with E-state index in [0.717, 1.165) is 27.2 Å². The van der Waals surface area contributed by atoms with E-state index in [9.17, 15) is 0 Å². The van der Waals surface area contributed by atoms with Gasteiger partial charge in [0, 0.05) is 28.6 Å². The zero-order valence-corrected chi connectivity index (χ0v) is 14.7. The highest BCUT2D eigenvalue weighted by molar-refractivity contribution is 9.10. The van der Waals surface area contributed by atoms with Crippen LogP contribution in [0.2, 0.25) is 5.02 Å². The molecule has 2 rings (SSSR count). The number of nitrogens with two attached hydrogens (primary N) is 1. The minimum Gasteiger partial charge on any atom is -0.329 e. The molecule has 0 radical (unpaired) electrons.